The maximum absolute atomic E-state index is 4.41. The summed E-state index contributed by atoms with van der Waals surface area (Å²) in [6, 6.07) is 1.94. The molecule has 1 aliphatic heterocycles. The third-order valence-electron chi connectivity index (χ3n) is 2.72. The first kappa shape index (κ1) is 9.59. The molecule has 1 fully saturated rings. The zero-order valence-electron chi connectivity index (χ0n) is 8.90. The molecule has 2 heterocycles. The van der Waals surface area contributed by atoms with E-state index in [0.29, 0.717) is 0 Å². The van der Waals surface area contributed by atoms with Gasteiger partial charge in [-0.2, -0.15) is 0 Å². The minimum absolute atomic E-state index is 0.833. The summed E-state index contributed by atoms with van der Waals surface area (Å²) in [4.78, 5) is 11.1. The number of hydrogen-bond donors (Lipinski definition) is 0. The highest BCUT2D eigenvalue weighted by molar-refractivity contribution is 4.99. The molecule has 0 spiro atoms. The van der Waals surface area contributed by atoms with Crippen LogP contribution in [0.1, 0.15) is 24.9 Å². The second-order valence-electron chi connectivity index (χ2n) is 4.24. The molecule has 0 saturated carbocycles. The maximum atomic E-state index is 4.41. The van der Waals surface area contributed by atoms with Gasteiger partial charge in [0.25, 0.3) is 0 Å². The van der Waals surface area contributed by atoms with Crippen LogP contribution in [0.15, 0.2) is 12.3 Å². The average molecular weight is 191 g/mol. The van der Waals surface area contributed by atoms with Crippen LogP contribution in [-0.4, -0.2) is 28.0 Å². The van der Waals surface area contributed by atoms with Crippen LogP contribution in [0, 0.1) is 12.8 Å². The van der Waals surface area contributed by atoms with Crippen molar-refractivity contribution < 1.29 is 0 Å². The van der Waals surface area contributed by atoms with Crippen molar-refractivity contribution in [3.05, 3.63) is 23.8 Å². The molecule has 0 amide bonds. The number of likely N-dealkylation sites (tertiary alicyclic amines) is 1. The van der Waals surface area contributed by atoms with Crippen LogP contribution in [0.4, 0.5) is 0 Å². The first-order chi connectivity index (χ1) is 6.74. The van der Waals surface area contributed by atoms with E-state index in [9.17, 15) is 0 Å². The van der Waals surface area contributed by atoms with E-state index in [4.69, 9.17) is 0 Å². The molecule has 3 nitrogen and oxygen atoms in total. The highest BCUT2D eigenvalue weighted by atomic mass is 15.2. The summed E-state index contributed by atoms with van der Waals surface area (Å²) in [6.45, 7) is 7.61. The third-order valence-corrected chi connectivity index (χ3v) is 2.72. The summed E-state index contributed by atoms with van der Waals surface area (Å²) in [5, 5.41) is 0. The summed E-state index contributed by atoms with van der Waals surface area (Å²) in [5.41, 5.74) is 1.06. The monoisotopic (exact) mass is 191 g/mol. The molecule has 14 heavy (non-hydrogen) atoms. The molecular formula is C11H17N3. The van der Waals surface area contributed by atoms with Crippen molar-refractivity contribution in [1.29, 1.82) is 0 Å². The van der Waals surface area contributed by atoms with Crippen LogP contribution in [0.25, 0.3) is 0 Å². The molecule has 1 aliphatic rings. The first-order valence-corrected chi connectivity index (χ1v) is 5.25. The maximum Gasteiger partial charge on any atom is 0.142 e. The zero-order valence-corrected chi connectivity index (χ0v) is 8.90. The van der Waals surface area contributed by atoms with E-state index in [1.807, 2.05) is 19.2 Å². The van der Waals surface area contributed by atoms with Gasteiger partial charge in [-0.3, -0.25) is 4.90 Å². The van der Waals surface area contributed by atoms with Crippen molar-refractivity contribution in [3.63, 3.8) is 0 Å². The van der Waals surface area contributed by atoms with Gasteiger partial charge in [0.05, 0.1) is 6.54 Å². The van der Waals surface area contributed by atoms with E-state index in [-0.39, 0.29) is 0 Å². The van der Waals surface area contributed by atoms with Gasteiger partial charge in [-0.25, -0.2) is 9.97 Å². The van der Waals surface area contributed by atoms with Gasteiger partial charge in [-0.05, 0) is 31.9 Å². The second-order valence-corrected chi connectivity index (χ2v) is 4.24. The van der Waals surface area contributed by atoms with E-state index in [0.717, 1.165) is 24.0 Å². The Morgan fingerprint density at radius 3 is 3.07 bits per heavy atom. The van der Waals surface area contributed by atoms with Crippen molar-refractivity contribution in [1.82, 2.24) is 14.9 Å². The first-order valence-electron chi connectivity index (χ1n) is 5.25. The Bertz CT molecular complexity index is 311. The Morgan fingerprint density at radius 2 is 2.43 bits per heavy atom. The van der Waals surface area contributed by atoms with Gasteiger partial charge >= 0.3 is 0 Å². The summed E-state index contributed by atoms with van der Waals surface area (Å²) in [7, 11) is 0. The van der Waals surface area contributed by atoms with Crippen molar-refractivity contribution in [3.8, 4) is 0 Å². The fourth-order valence-electron chi connectivity index (χ4n) is 1.95. The quantitative estimate of drug-likeness (QED) is 0.711. The number of hydrogen-bond acceptors (Lipinski definition) is 3. The topological polar surface area (TPSA) is 29.0 Å². The molecule has 2 rings (SSSR count). The van der Waals surface area contributed by atoms with Crippen LogP contribution < -0.4 is 0 Å². The molecule has 3 heteroatoms. The van der Waals surface area contributed by atoms with Crippen LogP contribution in [0.2, 0.25) is 0 Å². The number of rotatable bonds is 2. The smallest absolute Gasteiger partial charge is 0.142 e. The van der Waals surface area contributed by atoms with Crippen molar-refractivity contribution in [2.24, 2.45) is 5.92 Å². The van der Waals surface area contributed by atoms with Gasteiger partial charge in [-0.1, -0.05) is 6.92 Å². The molecule has 0 N–H and O–H groups in total. The predicted octanol–water partition coefficient (Wildman–Crippen LogP) is 1.63. The van der Waals surface area contributed by atoms with Crippen LogP contribution >= 0.6 is 0 Å². The zero-order chi connectivity index (χ0) is 9.97. The molecule has 0 radical (unpaired) electrons. The van der Waals surface area contributed by atoms with Crippen LogP contribution in [0.5, 0.6) is 0 Å². The van der Waals surface area contributed by atoms with E-state index in [2.05, 4.69) is 21.8 Å². The summed E-state index contributed by atoms with van der Waals surface area (Å²) in [5.74, 6) is 1.79. The molecule has 1 atom stereocenters. The van der Waals surface area contributed by atoms with Gasteiger partial charge in [0.15, 0.2) is 0 Å². The Balaban J connectivity index is 1.97. The molecule has 1 aromatic heterocycles. The lowest BCUT2D eigenvalue weighted by Gasteiger charge is -2.13. The normalized spacial score (nSPS) is 22.9. The summed E-state index contributed by atoms with van der Waals surface area (Å²) < 4.78 is 0. The van der Waals surface area contributed by atoms with E-state index in [1.54, 1.807) is 0 Å². The highest BCUT2D eigenvalue weighted by Crippen LogP contribution is 2.16. The molecule has 76 valence electrons. The molecule has 1 aromatic rings. The highest BCUT2D eigenvalue weighted by Gasteiger charge is 2.19. The van der Waals surface area contributed by atoms with Crippen LogP contribution in [0.3, 0.4) is 0 Å². The third kappa shape index (κ3) is 2.29. The standard InChI is InChI=1S/C11H17N3/c1-9-4-6-14(7-9)8-11-12-5-3-10(2)13-11/h3,5,9H,4,6-8H2,1-2H3. The minimum atomic E-state index is 0.833. The number of aromatic nitrogens is 2. The molecular weight excluding hydrogens is 174 g/mol. The SMILES string of the molecule is Cc1ccnc(CN2CCC(C)C2)n1. The second kappa shape index (κ2) is 4.05. The number of aryl methyl sites for hydroxylation is 1. The van der Waals surface area contributed by atoms with Crippen molar-refractivity contribution in [2.75, 3.05) is 13.1 Å². The van der Waals surface area contributed by atoms with Crippen molar-refractivity contribution >= 4 is 0 Å². The number of nitrogens with zero attached hydrogens (tertiary/aromatic N) is 3. The van der Waals surface area contributed by atoms with Gasteiger partial charge in [0.1, 0.15) is 5.82 Å². The Kier molecular flexibility index (Phi) is 2.77. The van der Waals surface area contributed by atoms with Gasteiger partial charge in [-0.15, -0.1) is 0 Å². The average Bonchev–Trinajstić information content (AvgIpc) is 2.51. The lowest BCUT2D eigenvalue weighted by molar-refractivity contribution is 0.311. The Hall–Kier alpha value is -0.960. The van der Waals surface area contributed by atoms with E-state index in [1.165, 1.54) is 19.5 Å². The molecule has 0 bridgehead atoms. The predicted molar refractivity (Wildman–Crippen MR) is 55.8 cm³/mol. The van der Waals surface area contributed by atoms with E-state index < -0.39 is 0 Å². The summed E-state index contributed by atoms with van der Waals surface area (Å²) >= 11 is 0. The van der Waals surface area contributed by atoms with Gasteiger partial charge in [0.2, 0.25) is 0 Å². The summed E-state index contributed by atoms with van der Waals surface area (Å²) in [6.07, 6.45) is 3.16. The minimum Gasteiger partial charge on any atom is -0.296 e. The lowest BCUT2D eigenvalue weighted by atomic mass is 10.2. The van der Waals surface area contributed by atoms with E-state index >= 15 is 0 Å². The fourth-order valence-corrected chi connectivity index (χ4v) is 1.95. The molecule has 0 aliphatic carbocycles. The van der Waals surface area contributed by atoms with Crippen LogP contribution in [-0.2, 0) is 6.54 Å². The molecule has 1 unspecified atom stereocenters. The lowest BCUT2D eigenvalue weighted by Crippen LogP contribution is -2.21. The Morgan fingerprint density at radius 1 is 1.57 bits per heavy atom. The molecule has 1 saturated heterocycles. The van der Waals surface area contributed by atoms with Crippen molar-refractivity contribution in [2.45, 2.75) is 26.8 Å². The largest absolute Gasteiger partial charge is 0.296 e. The van der Waals surface area contributed by atoms with Gasteiger partial charge < -0.3 is 0 Å². The Labute approximate surface area is 85.2 Å². The molecule has 0 aromatic carbocycles. The fraction of sp³-hybridized carbons (Fsp3) is 0.636. The van der Waals surface area contributed by atoms with Gasteiger partial charge in [0, 0.05) is 18.4 Å².